The highest BCUT2D eigenvalue weighted by Gasteiger charge is 2.23. The first-order chi connectivity index (χ1) is 11.6. The lowest BCUT2D eigenvalue weighted by Crippen LogP contribution is -2.29. The molecule has 3 N–H and O–H groups in total. The van der Waals surface area contributed by atoms with Gasteiger partial charge >= 0.3 is 0 Å². The van der Waals surface area contributed by atoms with Crippen LogP contribution in [0.25, 0.3) is 11.0 Å². The van der Waals surface area contributed by atoms with Crippen molar-refractivity contribution in [3.05, 3.63) is 46.5 Å². The van der Waals surface area contributed by atoms with Gasteiger partial charge in [-0.15, -0.1) is 0 Å². The smallest absolute Gasteiger partial charge is 0.272 e. The van der Waals surface area contributed by atoms with E-state index in [0.29, 0.717) is 12.2 Å². The number of carbonyl (C=O) groups excluding carboxylic acids is 1. The summed E-state index contributed by atoms with van der Waals surface area (Å²) in [5.41, 5.74) is 5.60. The van der Waals surface area contributed by atoms with E-state index in [4.69, 9.17) is 0 Å². The molecule has 3 heterocycles. The highest BCUT2D eigenvalue weighted by Crippen LogP contribution is 2.19. The Balaban J connectivity index is 1.50. The topological polar surface area (TPSA) is 89.7 Å². The van der Waals surface area contributed by atoms with Crippen molar-refractivity contribution in [3.63, 3.8) is 0 Å². The van der Waals surface area contributed by atoms with E-state index < -0.39 is 0 Å². The second kappa shape index (κ2) is 5.76. The number of aryl methyl sites for hydroxylation is 1. The lowest BCUT2D eigenvalue weighted by molar-refractivity contribution is 0.0943. The maximum absolute atomic E-state index is 12.5. The minimum Gasteiger partial charge on any atom is -0.343 e. The van der Waals surface area contributed by atoms with E-state index in [9.17, 15) is 4.79 Å². The molecule has 0 saturated carbocycles. The first-order valence-corrected chi connectivity index (χ1v) is 8.09. The highest BCUT2D eigenvalue weighted by molar-refractivity contribution is 5.94. The number of hydrogen-bond acceptors (Lipinski definition) is 4. The summed E-state index contributed by atoms with van der Waals surface area (Å²) >= 11 is 0. The molecule has 124 valence electrons. The zero-order valence-corrected chi connectivity index (χ0v) is 13.8. The number of fused-ring (bicyclic) bond motifs is 2. The van der Waals surface area contributed by atoms with Crippen LogP contribution in [0.5, 0.6) is 0 Å². The normalized spacial score (nSPS) is 14.8. The molecule has 0 saturated heterocycles. The fraction of sp³-hybridized carbons (Fsp3) is 0.353. The highest BCUT2D eigenvalue weighted by atomic mass is 16.1. The van der Waals surface area contributed by atoms with Crippen molar-refractivity contribution in [1.82, 2.24) is 30.4 Å². The molecule has 1 amide bonds. The van der Waals surface area contributed by atoms with Crippen LogP contribution in [0.15, 0.2) is 18.2 Å². The average molecular weight is 324 g/mol. The molecule has 24 heavy (non-hydrogen) atoms. The maximum Gasteiger partial charge on any atom is 0.272 e. The lowest BCUT2D eigenvalue weighted by Gasteiger charge is -2.22. The fourth-order valence-electron chi connectivity index (χ4n) is 3.18. The van der Waals surface area contributed by atoms with E-state index >= 15 is 0 Å². The van der Waals surface area contributed by atoms with Gasteiger partial charge in [-0.05, 0) is 25.6 Å². The van der Waals surface area contributed by atoms with Crippen molar-refractivity contribution in [2.75, 3.05) is 13.6 Å². The quantitative estimate of drug-likeness (QED) is 0.681. The monoisotopic (exact) mass is 324 g/mol. The van der Waals surface area contributed by atoms with Crippen molar-refractivity contribution in [2.24, 2.45) is 0 Å². The van der Waals surface area contributed by atoms with Crippen molar-refractivity contribution >= 4 is 16.9 Å². The number of para-hydroxylation sites is 1. The Hall–Kier alpha value is -2.67. The molecule has 0 spiro atoms. The molecule has 7 heteroatoms. The summed E-state index contributed by atoms with van der Waals surface area (Å²) in [6.45, 7) is 4.11. The number of aromatic amines is 2. The number of nitrogens with one attached hydrogen (secondary N) is 3. The predicted octanol–water partition coefficient (Wildman–Crippen LogP) is 1.51. The van der Waals surface area contributed by atoms with Gasteiger partial charge in [0.25, 0.3) is 5.91 Å². The van der Waals surface area contributed by atoms with E-state index in [1.165, 1.54) is 0 Å². The van der Waals surface area contributed by atoms with Crippen LogP contribution in [0.1, 0.15) is 33.1 Å². The average Bonchev–Trinajstić information content (AvgIpc) is 3.17. The second-order valence-electron chi connectivity index (χ2n) is 6.35. The largest absolute Gasteiger partial charge is 0.343 e. The lowest BCUT2D eigenvalue weighted by atomic mass is 10.1. The van der Waals surface area contributed by atoms with Crippen molar-refractivity contribution in [2.45, 2.75) is 26.4 Å². The number of hydrogen-bond donors (Lipinski definition) is 3. The maximum atomic E-state index is 12.5. The summed E-state index contributed by atoms with van der Waals surface area (Å²) in [5.74, 6) is 0.578. The summed E-state index contributed by atoms with van der Waals surface area (Å²) in [6.07, 6.45) is 0.898. The Labute approximate surface area is 139 Å². The summed E-state index contributed by atoms with van der Waals surface area (Å²) < 4.78 is 0. The van der Waals surface area contributed by atoms with E-state index in [-0.39, 0.29) is 5.91 Å². The molecule has 0 fully saturated rings. The minimum absolute atomic E-state index is 0.167. The first kappa shape index (κ1) is 14.9. The Morgan fingerprint density at radius 3 is 3.12 bits per heavy atom. The second-order valence-corrected chi connectivity index (χ2v) is 6.35. The summed E-state index contributed by atoms with van der Waals surface area (Å²) in [6, 6.07) is 6.00. The number of amides is 1. The summed E-state index contributed by atoms with van der Waals surface area (Å²) in [5, 5.41) is 10.1. The Kier molecular flexibility index (Phi) is 3.57. The van der Waals surface area contributed by atoms with Gasteiger partial charge in [0.15, 0.2) is 5.69 Å². The van der Waals surface area contributed by atoms with Gasteiger partial charge in [0.1, 0.15) is 5.82 Å². The summed E-state index contributed by atoms with van der Waals surface area (Å²) in [4.78, 5) is 22.5. The van der Waals surface area contributed by atoms with Gasteiger partial charge in [0, 0.05) is 30.8 Å². The van der Waals surface area contributed by atoms with Crippen LogP contribution in [0.4, 0.5) is 0 Å². The number of carbonyl (C=O) groups is 1. The van der Waals surface area contributed by atoms with E-state index in [1.54, 1.807) is 0 Å². The molecule has 3 aromatic rings. The molecule has 0 atom stereocenters. The third kappa shape index (κ3) is 2.56. The van der Waals surface area contributed by atoms with Crippen molar-refractivity contribution < 1.29 is 4.79 Å². The molecule has 4 rings (SSSR count). The van der Waals surface area contributed by atoms with E-state index in [1.807, 2.05) is 32.2 Å². The van der Waals surface area contributed by atoms with Crippen LogP contribution in [0, 0.1) is 6.92 Å². The number of benzene rings is 1. The Morgan fingerprint density at radius 1 is 1.42 bits per heavy atom. The number of likely N-dealkylation sites (N-methyl/N-ethyl adjacent to an activating group) is 1. The molecule has 0 radical (unpaired) electrons. The van der Waals surface area contributed by atoms with Crippen LogP contribution in [-0.2, 0) is 19.5 Å². The first-order valence-electron chi connectivity index (χ1n) is 8.09. The number of aromatic nitrogens is 4. The molecule has 1 aliphatic heterocycles. The standard InChI is InChI=1S/C17H20N6O/c1-10-4-3-5-13-15(10)20-14(19-13)8-18-17(24)16-11-9-23(2)7-6-12(11)21-22-16/h3-5H,6-9H2,1-2H3,(H,18,24)(H,19,20)(H,21,22). The zero-order chi connectivity index (χ0) is 16.7. The minimum atomic E-state index is -0.167. The number of H-pyrrole nitrogens is 2. The summed E-state index contributed by atoms with van der Waals surface area (Å²) in [7, 11) is 2.05. The van der Waals surface area contributed by atoms with Gasteiger partial charge in [-0.1, -0.05) is 12.1 Å². The predicted molar refractivity (Wildman–Crippen MR) is 90.6 cm³/mol. The van der Waals surface area contributed by atoms with Crippen LogP contribution in [0.2, 0.25) is 0 Å². The molecular weight excluding hydrogens is 304 g/mol. The van der Waals surface area contributed by atoms with Crippen LogP contribution < -0.4 is 5.32 Å². The molecule has 1 aromatic carbocycles. The van der Waals surface area contributed by atoms with Gasteiger partial charge in [-0.25, -0.2) is 4.98 Å². The molecule has 0 unspecified atom stereocenters. The van der Waals surface area contributed by atoms with Gasteiger partial charge < -0.3 is 15.2 Å². The molecule has 0 aliphatic carbocycles. The third-order valence-corrected chi connectivity index (χ3v) is 4.52. The fourth-order valence-corrected chi connectivity index (χ4v) is 3.18. The van der Waals surface area contributed by atoms with Gasteiger partial charge in [-0.2, -0.15) is 5.10 Å². The SMILES string of the molecule is Cc1cccc2[nH]c(CNC(=O)c3n[nH]c4c3CN(C)CC4)nc12. The number of imidazole rings is 1. The van der Waals surface area contributed by atoms with Crippen LogP contribution in [-0.4, -0.2) is 44.6 Å². The van der Waals surface area contributed by atoms with Gasteiger partial charge in [-0.3, -0.25) is 9.89 Å². The zero-order valence-electron chi connectivity index (χ0n) is 13.8. The third-order valence-electron chi connectivity index (χ3n) is 4.52. The Bertz CT molecular complexity index is 909. The Morgan fingerprint density at radius 2 is 2.29 bits per heavy atom. The molecule has 2 aromatic heterocycles. The molecule has 0 bridgehead atoms. The van der Waals surface area contributed by atoms with E-state index in [0.717, 1.165) is 53.2 Å². The molecular formula is C17H20N6O. The van der Waals surface area contributed by atoms with E-state index in [2.05, 4.69) is 30.4 Å². The van der Waals surface area contributed by atoms with Gasteiger partial charge in [0.05, 0.1) is 17.6 Å². The van der Waals surface area contributed by atoms with Gasteiger partial charge in [0.2, 0.25) is 0 Å². The number of nitrogens with zero attached hydrogens (tertiary/aromatic N) is 3. The van der Waals surface area contributed by atoms with Crippen molar-refractivity contribution in [3.8, 4) is 0 Å². The molecule has 7 nitrogen and oxygen atoms in total. The van der Waals surface area contributed by atoms with Crippen LogP contribution >= 0.6 is 0 Å². The van der Waals surface area contributed by atoms with Crippen LogP contribution in [0.3, 0.4) is 0 Å². The molecule has 1 aliphatic rings. The van der Waals surface area contributed by atoms with Crippen molar-refractivity contribution in [1.29, 1.82) is 0 Å². The number of rotatable bonds is 3.